The van der Waals surface area contributed by atoms with Crippen LogP contribution in [0.15, 0.2) is 24.3 Å². The van der Waals surface area contributed by atoms with Gasteiger partial charge in [0.2, 0.25) is 0 Å². The summed E-state index contributed by atoms with van der Waals surface area (Å²) in [5.41, 5.74) is 12.2. The minimum absolute atomic E-state index is 0.531. The molecule has 1 atom stereocenters. The first-order chi connectivity index (χ1) is 10.7. The molecule has 1 aliphatic carbocycles. The summed E-state index contributed by atoms with van der Waals surface area (Å²) >= 11 is 1.85. The van der Waals surface area contributed by atoms with Crippen LogP contribution in [-0.2, 0) is 19.4 Å². The topological polar surface area (TPSA) is 43.3 Å². The average Bonchev–Trinajstić information content (AvgIpc) is 3.02. The molecule has 1 aromatic carbocycles. The molecule has 0 fully saturated rings. The Morgan fingerprint density at radius 1 is 1.32 bits per heavy atom. The van der Waals surface area contributed by atoms with Crippen molar-refractivity contribution in [2.45, 2.75) is 39.7 Å². The van der Waals surface area contributed by atoms with Gasteiger partial charge < -0.3 is 5.73 Å². The van der Waals surface area contributed by atoms with E-state index in [9.17, 15) is 0 Å². The third-order valence-electron chi connectivity index (χ3n) is 4.67. The Kier molecular flexibility index (Phi) is 3.31. The first-order valence-electron chi connectivity index (χ1n) is 7.96. The van der Waals surface area contributed by atoms with E-state index in [0.717, 1.165) is 28.7 Å². The molecular weight excluding hydrogens is 290 g/mol. The number of hydrogen-bond donors (Lipinski definition) is 1. The highest BCUT2D eigenvalue weighted by molar-refractivity contribution is 7.17. The van der Waals surface area contributed by atoms with Gasteiger partial charge in [-0.1, -0.05) is 36.8 Å². The van der Waals surface area contributed by atoms with Gasteiger partial charge in [0.1, 0.15) is 0 Å². The second-order valence-electron chi connectivity index (χ2n) is 6.42. The molecule has 4 rings (SSSR count). The van der Waals surface area contributed by atoms with Gasteiger partial charge in [-0.05, 0) is 32.1 Å². The number of aromatic nitrogens is 2. The van der Waals surface area contributed by atoms with Crippen molar-refractivity contribution in [3.63, 3.8) is 0 Å². The quantitative estimate of drug-likeness (QED) is 0.778. The molecule has 22 heavy (non-hydrogen) atoms. The van der Waals surface area contributed by atoms with Crippen LogP contribution in [0.1, 0.15) is 35.2 Å². The molecule has 0 aliphatic heterocycles. The van der Waals surface area contributed by atoms with Crippen LogP contribution in [0.4, 0.5) is 0 Å². The molecule has 4 heteroatoms. The average molecular weight is 311 g/mol. The summed E-state index contributed by atoms with van der Waals surface area (Å²) in [6, 6.07) is 8.57. The van der Waals surface area contributed by atoms with E-state index in [1.165, 1.54) is 34.5 Å². The lowest BCUT2D eigenvalue weighted by Crippen LogP contribution is -2.13. The van der Waals surface area contributed by atoms with E-state index in [1.807, 2.05) is 11.3 Å². The van der Waals surface area contributed by atoms with Gasteiger partial charge in [-0.25, -0.2) is 4.98 Å². The molecule has 3 aromatic rings. The van der Waals surface area contributed by atoms with Crippen molar-refractivity contribution in [2.75, 3.05) is 0 Å². The summed E-state index contributed by atoms with van der Waals surface area (Å²) in [5, 5.41) is 0. The van der Waals surface area contributed by atoms with E-state index >= 15 is 0 Å². The number of benzene rings is 1. The summed E-state index contributed by atoms with van der Waals surface area (Å²) in [6.45, 7) is 4.98. The molecule has 1 aliphatic rings. The molecule has 3 nitrogen and oxygen atoms in total. The van der Waals surface area contributed by atoms with E-state index in [1.54, 1.807) is 0 Å². The fourth-order valence-electron chi connectivity index (χ4n) is 3.42. The number of hydrogen-bond acceptors (Lipinski definition) is 3. The summed E-state index contributed by atoms with van der Waals surface area (Å²) < 4.78 is 2.33. The van der Waals surface area contributed by atoms with Gasteiger partial charge in [0.25, 0.3) is 0 Å². The maximum Gasteiger partial charge on any atom is 0.194 e. The summed E-state index contributed by atoms with van der Waals surface area (Å²) in [7, 11) is 0. The summed E-state index contributed by atoms with van der Waals surface area (Å²) in [4.78, 5) is 7.53. The Morgan fingerprint density at radius 3 is 2.82 bits per heavy atom. The zero-order valence-corrected chi connectivity index (χ0v) is 13.9. The number of rotatable bonds is 2. The second-order valence-corrected chi connectivity index (χ2v) is 7.48. The van der Waals surface area contributed by atoms with Crippen molar-refractivity contribution >= 4 is 16.3 Å². The van der Waals surface area contributed by atoms with Crippen LogP contribution in [0.3, 0.4) is 0 Å². The molecule has 0 bridgehead atoms. The lowest BCUT2D eigenvalue weighted by molar-refractivity contribution is 0.498. The first-order valence-corrected chi connectivity index (χ1v) is 8.78. The van der Waals surface area contributed by atoms with Gasteiger partial charge in [-0.15, -0.1) is 11.3 Å². The third-order valence-corrected chi connectivity index (χ3v) is 5.78. The zero-order chi connectivity index (χ0) is 15.3. The minimum Gasteiger partial charge on any atom is -0.325 e. The van der Waals surface area contributed by atoms with E-state index in [-0.39, 0.29) is 0 Å². The van der Waals surface area contributed by atoms with Crippen LogP contribution in [0.5, 0.6) is 0 Å². The largest absolute Gasteiger partial charge is 0.325 e. The molecule has 0 spiro atoms. The lowest BCUT2D eigenvalue weighted by Gasteiger charge is -2.18. The highest BCUT2D eigenvalue weighted by Crippen LogP contribution is 2.36. The number of fused-ring (bicyclic) bond motifs is 3. The Hall–Kier alpha value is -1.65. The van der Waals surface area contributed by atoms with Crippen molar-refractivity contribution in [2.24, 2.45) is 11.7 Å². The standard InChI is InChI=1S/C18H21N3S/c1-11-3-6-13(7-4-11)17-15(10-19)21-14-8-5-12(2)9-16(14)22-18(21)20-17/h3-4,6-7,12H,5,8-10,19H2,1-2H3. The molecule has 0 amide bonds. The van der Waals surface area contributed by atoms with Gasteiger partial charge >= 0.3 is 0 Å². The van der Waals surface area contributed by atoms with Crippen LogP contribution < -0.4 is 5.73 Å². The number of nitrogens with zero attached hydrogens (tertiary/aromatic N) is 2. The number of aryl methyl sites for hydroxylation is 2. The maximum absolute atomic E-state index is 6.09. The predicted molar refractivity (Wildman–Crippen MR) is 92.3 cm³/mol. The zero-order valence-electron chi connectivity index (χ0n) is 13.1. The monoisotopic (exact) mass is 311 g/mol. The highest BCUT2D eigenvalue weighted by Gasteiger charge is 2.24. The van der Waals surface area contributed by atoms with Crippen LogP contribution in [-0.4, -0.2) is 9.38 Å². The molecule has 0 radical (unpaired) electrons. The Bertz CT molecular complexity index is 826. The molecule has 2 aromatic heterocycles. The third kappa shape index (κ3) is 2.09. The smallest absolute Gasteiger partial charge is 0.194 e. The van der Waals surface area contributed by atoms with Crippen LogP contribution in [0.25, 0.3) is 16.2 Å². The predicted octanol–water partition coefficient (Wildman–Crippen LogP) is 3.95. The van der Waals surface area contributed by atoms with E-state index in [4.69, 9.17) is 10.7 Å². The molecule has 0 saturated carbocycles. The van der Waals surface area contributed by atoms with Gasteiger partial charge in [0.15, 0.2) is 4.96 Å². The maximum atomic E-state index is 6.09. The summed E-state index contributed by atoms with van der Waals surface area (Å²) in [6.07, 6.45) is 3.60. The van der Waals surface area contributed by atoms with Gasteiger partial charge in [-0.3, -0.25) is 4.40 Å². The molecule has 1 unspecified atom stereocenters. The van der Waals surface area contributed by atoms with Crippen LogP contribution >= 0.6 is 11.3 Å². The van der Waals surface area contributed by atoms with Gasteiger partial charge in [0.05, 0.1) is 11.4 Å². The number of nitrogens with two attached hydrogens (primary N) is 1. The summed E-state index contributed by atoms with van der Waals surface area (Å²) in [5.74, 6) is 0.786. The van der Waals surface area contributed by atoms with Gasteiger partial charge in [0, 0.05) is 22.7 Å². The van der Waals surface area contributed by atoms with E-state index in [0.29, 0.717) is 6.54 Å². The van der Waals surface area contributed by atoms with E-state index in [2.05, 4.69) is 42.5 Å². The van der Waals surface area contributed by atoms with Crippen molar-refractivity contribution in [3.8, 4) is 11.3 Å². The van der Waals surface area contributed by atoms with Crippen molar-refractivity contribution < 1.29 is 0 Å². The number of imidazole rings is 1. The lowest BCUT2D eigenvalue weighted by atomic mass is 9.93. The van der Waals surface area contributed by atoms with Gasteiger partial charge in [-0.2, -0.15) is 0 Å². The Labute approximate surface area is 134 Å². The Morgan fingerprint density at radius 2 is 2.09 bits per heavy atom. The second kappa shape index (κ2) is 5.21. The van der Waals surface area contributed by atoms with Crippen molar-refractivity contribution in [1.29, 1.82) is 0 Å². The van der Waals surface area contributed by atoms with E-state index < -0.39 is 0 Å². The van der Waals surface area contributed by atoms with Crippen molar-refractivity contribution in [3.05, 3.63) is 46.1 Å². The molecule has 2 heterocycles. The Balaban J connectivity index is 1.91. The SMILES string of the molecule is Cc1ccc(-c2nc3sc4c(n3c2CN)CCC(C)C4)cc1. The fraction of sp³-hybridized carbons (Fsp3) is 0.389. The minimum atomic E-state index is 0.531. The molecular formula is C18H21N3S. The molecule has 114 valence electrons. The van der Waals surface area contributed by atoms with Crippen LogP contribution in [0, 0.1) is 12.8 Å². The fourth-order valence-corrected chi connectivity index (χ4v) is 4.76. The molecule has 0 saturated heterocycles. The normalized spacial score (nSPS) is 17.9. The van der Waals surface area contributed by atoms with Crippen molar-refractivity contribution in [1.82, 2.24) is 9.38 Å². The van der Waals surface area contributed by atoms with Crippen LogP contribution in [0.2, 0.25) is 0 Å². The number of thiazole rings is 1. The highest BCUT2D eigenvalue weighted by atomic mass is 32.1. The first kappa shape index (κ1) is 14.0. The molecule has 2 N–H and O–H groups in total.